The van der Waals surface area contributed by atoms with Crippen molar-refractivity contribution in [3.8, 4) is 6.07 Å². The van der Waals surface area contributed by atoms with Gasteiger partial charge in [0.05, 0.1) is 6.07 Å². The minimum atomic E-state index is -0.569. The summed E-state index contributed by atoms with van der Waals surface area (Å²) in [5.41, 5.74) is 2.11. The lowest BCUT2D eigenvalue weighted by Crippen LogP contribution is -2.35. The summed E-state index contributed by atoms with van der Waals surface area (Å²) in [5.74, 6) is 1.32. The Hall–Kier alpha value is -2.45. The first-order valence-electron chi connectivity index (χ1n) is 7.26. The molecule has 0 aromatic heterocycles. The number of alkyl carbamates (subject to hydrolysis) is 1. The Morgan fingerprint density at radius 2 is 1.70 bits per heavy atom. The summed E-state index contributed by atoms with van der Waals surface area (Å²) < 4.78 is 5.11. The predicted octanol–water partition coefficient (Wildman–Crippen LogP) is 3.74. The average molecular weight is 326 g/mol. The summed E-state index contributed by atoms with van der Waals surface area (Å²) in [6.07, 6.45) is -0.569. The number of carbonyl (C=O) groups is 1. The summed E-state index contributed by atoms with van der Waals surface area (Å²) in [4.78, 5) is 11.7. The molecule has 0 saturated carbocycles. The van der Waals surface area contributed by atoms with E-state index in [2.05, 4.69) is 11.4 Å². The van der Waals surface area contributed by atoms with Crippen LogP contribution in [-0.2, 0) is 17.1 Å². The minimum absolute atomic E-state index is 0.196. The van der Waals surface area contributed by atoms with Gasteiger partial charge < -0.3 is 10.1 Å². The first kappa shape index (κ1) is 16.9. The van der Waals surface area contributed by atoms with E-state index in [4.69, 9.17) is 10.00 Å². The van der Waals surface area contributed by atoms with Gasteiger partial charge in [-0.05, 0) is 11.1 Å². The summed E-state index contributed by atoms with van der Waals surface area (Å²) in [6, 6.07) is 21.0. The Labute approximate surface area is 140 Å². The number of hydrogen-bond acceptors (Lipinski definition) is 4. The van der Waals surface area contributed by atoms with E-state index in [-0.39, 0.29) is 6.61 Å². The standard InChI is InChI=1S/C18H18N2O2S/c19-11-17(14-23-13-16-9-5-2-6-10-16)20-18(21)22-12-15-7-3-1-4-8-15/h1-10,17H,12-14H2,(H,20,21)/t17-/m1/s1. The fraction of sp³-hybridized carbons (Fsp3) is 0.222. The number of nitrogens with zero attached hydrogens (tertiary/aromatic N) is 1. The molecule has 1 amide bonds. The van der Waals surface area contributed by atoms with Crippen molar-refractivity contribution < 1.29 is 9.53 Å². The lowest BCUT2D eigenvalue weighted by molar-refractivity contribution is 0.138. The third-order valence-corrected chi connectivity index (χ3v) is 4.16. The molecule has 118 valence electrons. The molecule has 5 heteroatoms. The maximum Gasteiger partial charge on any atom is 0.408 e. The first-order valence-corrected chi connectivity index (χ1v) is 8.42. The van der Waals surface area contributed by atoms with E-state index in [1.165, 1.54) is 5.56 Å². The van der Waals surface area contributed by atoms with E-state index in [0.717, 1.165) is 11.3 Å². The van der Waals surface area contributed by atoms with Gasteiger partial charge >= 0.3 is 6.09 Å². The van der Waals surface area contributed by atoms with Crippen molar-refractivity contribution in [1.29, 1.82) is 5.26 Å². The van der Waals surface area contributed by atoms with Crippen molar-refractivity contribution in [3.05, 3.63) is 71.8 Å². The lowest BCUT2D eigenvalue weighted by atomic mass is 10.2. The molecule has 0 radical (unpaired) electrons. The van der Waals surface area contributed by atoms with Crippen LogP contribution < -0.4 is 5.32 Å². The van der Waals surface area contributed by atoms with E-state index in [1.54, 1.807) is 11.8 Å². The van der Waals surface area contributed by atoms with Gasteiger partial charge in [-0.3, -0.25) is 0 Å². The van der Waals surface area contributed by atoms with Crippen LogP contribution in [0.5, 0.6) is 0 Å². The van der Waals surface area contributed by atoms with Crippen LogP contribution in [0.2, 0.25) is 0 Å². The van der Waals surface area contributed by atoms with Gasteiger partial charge in [-0.15, -0.1) is 0 Å². The Kier molecular flexibility index (Phi) is 7.02. The van der Waals surface area contributed by atoms with E-state index >= 15 is 0 Å². The summed E-state index contributed by atoms with van der Waals surface area (Å²) in [6.45, 7) is 0.196. The molecule has 0 fully saturated rings. The summed E-state index contributed by atoms with van der Waals surface area (Å²) in [7, 11) is 0. The smallest absolute Gasteiger partial charge is 0.408 e. The van der Waals surface area contributed by atoms with Gasteiger partial charge in [-0.25, -0.2) is 4.79 Å². The van der Waals surface area contributed by atoms with Crippen LogP contribution in [0.4, 0.5) is 4.79 Å². The summed E-state index contributed by atoms with van der Waals surface area (Å²) in [5, 5.41) is 11.7. The minimum Gasteiger partial charge on any atom is -0.445 e. The second kappa shape index (κ2) is 9.54. The zero-order chi connectivity index (χ0) is 16.3. The van der Waals surface area contributed by atoms with E-state index in [1.807, 2.05) is 60.7 Å². The number of nitriles is 1. The van der Waals surface area contributed by atoms with Crippen molar-refractivity contribution in [2.45, 2.75) is 18.4 Å². The van der Waals surface area contributed by atoms with Crippen molar-refractivity contribution in [2.75, 3.05) is 5.75 Å². The summed E-state index contributed by atoms with van der Waals surface area (Å²) >= 11 is 1.60. The Balaban J connectivity index is 1.69. The van der Waals surface area contributed by atoms with Gasteiger partial charge in [0.1, 0.15) is 12.6 Å². The molecule has 2 rings (SSSR count). The van der Waals surface area contributed by atoms with Crippen LogP contribution in [-0.4, -0.2) is 17.9 Å². The van der Waals surface area contributed by atoms with E-state index in [9.17, 15) is 4.79 Å². The fourth-order valence-electron chi connectivity index (χ4n) is 1.89. The molecule has 0 bridgehead atoms. The van der Waals surface area contributed by atoms with Crippen molar-refractivity contribution in [3.63, 3.8) is 0 Å². The quantitative estimate of drug-likeness (QED) is 0.842. The number of nitrogens with one attached hydrogen (secondary N) is 1. The van der Waals surface area contributed by atoms with Crippen LogP contribution in [0.3, 0.4) is 0 Å². The zero-order valence-electron chi connectivity index (χ0n) is 12.6. The molecule has 0 aliphatic carbocycles. The van der Waals surface area contributed by atoms with Crippen LogP contribution in [0.1, 0.15) is 11.1 Å². The molecular weight excluding hydrogens is 308 g/mol. The monoisotopic (exact) mass is 326 g/mol. The molecule has 2 aromatic rings. The lowest BCUT2D eigenvalue weighted by Gasteiger charge is -2.12. The van der Waals surface area contributed by atoms with Gasteiger partial charge in [-0.2, -0.15) is 17.0 Å². The predicted molar refractivity (Wildman–Crippen MR) is 91.8 cm³/mol. The highest BCUT2D eigenvalue weighted by Crippen LogP contribution is 2.12. The fourth-order valence-corrected chi connectivity index (χ4v) is 2.83. The third kappa shape index (κ3) is 6.45. The van der Waals surface area contributed by atoms with Gasteiger partial charge in [0, 0.05) is 11.5 Å². The van der Waals surface area contributed by atoms with Crippen LogP contribution >= 0.6 is 11.8 Å². The van der Waals surface area contributed by atoms with Crippen molar-refractivity contribution >= 4 is 17.9 Å². The Morgan fingerprint density at radius 3 is 2.30 bits per heavy atom. The highest BCUT2D eigenvalue weighted by molar-refractivity contribution is 7.98. The van der Waals surface area contributed by atoms with Gasteiger partial charge in [0.25, 0.3) is 0 Å². The van der Waals surface area contributed by atoms with Gasteiger partial charge in [0.2, 0.25) is 0 Å². The number of carbonyl (C=O) groups excluding carboxylic acids is 1. The molecular formula is C18H18N2O2S. The molecule has 0 spiro atoms. The number of hydrogen-bond donors (Lipinski definition) is 1. The van der Waals surface area contributed by atoms with Crippen molar-refractivity contribution in [2.24, 2.45) is 0 Å². The highest BCUT2D eigenvalue weighted by atomic mass is 32.2. The Morgan fingerprint density at radius 1 is 1.09 bits per heavy atom. The molecule has 2 aromatic carbocycles. The topological polar surface area (TPSA) is 62.1 Å². The van der Waals surface area contributed by atoms with Crippen LogP contribution in [0.15, 0.2) is 60.7 Å². The number of thioether (sulfide) groups is 1. The molecule has 0 aliphatic rings. The number of rotatable bonds is 7. The van der Waals surface area contributed by atoms with E-state index in [0.29, 0.717) is 5.75 Å². The first-order chi connectivity index (χ1) is 11.3. The maximum atomic E-state index is 11.7. The molecule has 0 saturated heterocycles. The zero-order valence-corrected chi connectivity index (χ0v) is 13.5. The molecule has 0 heterocycles. The van der Waals surface area contributed by atoms with Crippen LogP contribution in [0.25, 0.3) is 0 Å². The van der Waals surface area contributed by atoms with Crippen LogP contribution in [0, 0.1) is 11.3 Å². The normalized spacial score (nSPS) is 11.3. The SMILES string of the molecule is N#C[C@H](CSCc1ccccc1)NC(=O)OCc1ccccc1. The van der Waals surface area contributed by atoms with Gasteiger partial charge in [-0.1, -0.05) is 60.7 Å². The number of benzene rings is 2. The molecule has 1 N–H and O–H groups in total. The van der Waals surface area contributed by atoms with Gasteiger partial charge in [0.15, 0.2) is 0 Å². The van der Waals surface area contributed by atoms with Crippen molar-refractivity contribution in [1.82, 2.24) is 5.32 Å². The third-order valence-electron chi connectivity index (χ3n) is 3.06. The number of ether oxygens (including phenoxy) is 1. The molecule has 1 atom stereocenters. The average Bonchev–Trinajstić information content (AvgIpc) is 2.61. The Bertz CT molecular complexity index is 641. The van der Waals surface area contributed by atoms with E-state index < -0.39 is 12.1 Å². The molecule has 0 aliphatic heterocycles. The second-order valence-corrected chi connectivity index (χ2v) is 5.92. The molecule has 23 heavy (non-hydrogen) atoms. The highest BCUT2D eigenvalue weighted by Gasteiger charge is 2.12. The largest absolute Gasteiger partial charge is 0.445 e. The molecule has 4 nitrogen and oxygen atoms in total. The molecule has 0 unspecified atom stereocenters. The second-order valence-electron chi connectivity index (χ2n) is 4.89. The maximum absolute atomic E-state index is 11.7. The number of amides is 1.